The Bertz CT molecular complexity index is 1240. The van der Waals surface area contributed by atoms with Crippen molar-refractivity contribution in [1.82, 2.24) is 9.71 Å². The largest absolute Gasteiger partial charge is 0.478 e. The fourth-order valence-corrected chi connectivity index (χ4v) is 5.27. The standard InChI is InChI=1S/C24H28N2O4S2/c1-15-12-20(13-21(16(15)2)23(27)28)32(29,30)25-11-10-19-14-31-22(26-19)17-6-8-18(9-7-17)24(3,4)5/h6-9,12-14,25H,10-11H2,1-5H3,(H,27,28). The minimum absolute atomic E-state index is 0.00741. The Morgan fingerprint density at radius 2 is 1.78 bits per heavy atom. The maximum Gasteiger partial charge on any atom is 0.336 e. The molecule has 0 fully saturated rings. The maximum absolute atomic E-state index is 12.7. The molecule has 0 aliphatic heterocycles. The Hall–Kier alpha value is -2.55. The quantitative estimate of drug-likeness (QED) is 0.507. The summed E-state index contributed by atoms with van der Waals surface area (Å²) in [5.41, 5.74) is 4.35. The first-order chi connectivity index (χ1) is 14.9. The molecule has 0 aliphatic rings. The van der Waals surface area contributed by atoms with Gasteiger partial charge < -0.3 is 5.11 Å². The minimum Gasteiger partial charge on any atom is -0.478 e. The Kier molecular flexibility index (Phi) is 6.88. The van der Waals surface area contributed by atoms with E-state index < -0.39 is 16.0 Å². The van der Waals surface area contributed by atoms with Gasteiger partial charge in [0.1, 0.15) is 5.01 Å². The van der Waals surface area contributed by atoms with Crippen LogP contribution in [-0.4, -0.2) is 31.0 Å². The Labute approximate surface area is 193 Å². The van der Waals surface area contributed by atoms with E-state index in [1.165, 1.54) is 29.0 Å². The Morgan fingerprint density at radius 1 is 1.12 bits per heavy atom. The van der Waals surface area contributed by atoms with Crippen molar-refractivity contribution in [2.24, 2.45) is 0 Å². The van der Waals surface area contributed by atoms with Crippen molar-refractivity contribution in [3.8, 4) is 10.6 Å². The zero-order chi connectivity index (χ0) is 23.7. The van der Waals surface area contributed by atoms with Crippen LogP contribution >= 0.6 is 11.3 Å². The van der Waals surface area contributed by atoms with E-state index in [0.717, 1.165) is 16.3 Å². The molecule has 2 aromatic carbocycles. The number of carbonyl (C=O) groups is 1. The van der Waals surface area contributed by atoms with Crippen LogP contribution in [0.1, 0.15) is 53.5 Å². The van der Waals surface area contributed by atoms with Crippen LogP contribution < -0.4 is 4.72 Å². The summed E-state index contributed by atoms with van der Waals surface area (Å²) < 4.78 is 27.9. The van der Waals surface area contributed by atoms with Crippen LogP contribution in [-0.2, 0) is 21.9 Å². The third-order valence-electron chi connectivity index (χ3n) is 5.40. The fraction of sp³-hybridized carbons (Fsp3) is 0.333. The lowest BCUT2D eigenvalue weighted by Crippen LogP contribution is -2.26. The minimum atomic E-state index is -3.83. The van der Waals surface area contributed by atoms with Crippen molar-refractivity contribution >= 4 is 27.3 Å². The van der Waals surface area contributed by atoms with Gasteiger partial charge in [-0.2, -0.15) is 0 Å². The van der Waals surface area contributed by atoms with Gasteiger partial charge in [-0.1, -0.05) is 45.0 Å². The number of carboxylic acid groups (broad SMARTS) is 1. The monoisotopic (exact) mass is 472 g/mol. The van der Waals surface area contributed by atoms with Gasteiger partial charge in [-0.05, 0) is 48.1 Å². The summed E-state index contributed by atoms with van der Waals surface area (Å²) in [6.45, 7) is 10.1. The average Bonchev–Trinajstić information content (AvgIpc) is 3.17. The molecule has 0 bridgehead atoms. The molecule has 32 heavy (non-hydrogen) atoms. The SMILES string of the molecule is Cc1cc(S(=O)(=O)NCCc2csc(-c3ccc(C(C)(C)C)cc3)n2)cc(C(=O)O)c1C. The molecule has 1 aromatic heterocycles. The second kappa shape index (κ2) is 9.13. The summed E-state index contributed by atoms with van der Waals surface area (Å²) in [6, 6.07) is 11.0. The first kappa shape index (κ1) is 24.1. The molecule has 8 heteroatoms. The Morgan fingerprint density at radius 3 is 2.38 bits per heavy atom. The number of carboxylic acids is 1. The second-order valence-corrected chi connectivity index (χ2v) is 11.5. The predicted octanol–water partition coefficient (Wildman–Crippen LogP) is 4.94. The molecule has 170 valence electrons. The van der Waals surface area contributed by atoms with Gasteiger partial charge in [-0.15, -0.1) is 11.3 Å². The number of thiazole rings is 1. The highest BCUT2D eigenvalue weighted by molar-refractivity contribution is 7.89. The van der Waals surface area contributed by atoms with Gasteiger partial charge in [0, 0.05) is 23.9 Å². The topological polar surface area (TPSA) is 96.4 Å². The molecule has 0 unspecified atom stereocenters. The molecule has 1 heterocycles. The molecule has 0 aliphatic carbocycles. The summed E-state index contributed by atoms with van der Waals surface area (Å²) >= 11 is 1.53. The van der Waals surface area contributed by atoms with E-state index in [9.17, 15) is 18.3 Å². The molecule has 0 saturated carbocycles. The van der Waals surface area contributed by atoms with Gasteiger partial charge in [0.15, 0.2) is 0 Å². The van der Waals surface area contributed by atoms with Crippen LogP contribution in [0, 0.1) is 13.8 Å². The molecule has 0 saturated heterocycles. The van der Waals surface area contributed by atoms with Gasteiger partial charge in [-0.3, -0.25) is 0 Å². The van der Waals surface area contributed by atoms with Crippen molar-refractivity contribution in [1.29, 1.82) is 0 Å². The van der Waals surface area contributed by atoms with Crippen LogP contribution in [0.4, 0.5) is 0 Å². The van der Waals surface area contributed by atoms with Gasteiger partial charge in [0.2, 0.25) is 10.0 Å². The maximum atomic E-state index is 12.7. The number of aromatic carboxylic acids is 1. The number of sulfonamides is 1. The third kappa shape index (κ3) is 5.43. The predicted molar refractivity (Wildman–Crippen MR) is 128 cm³/mol. The molecular formula is C24H28N2O4S2. The van der Waals surface area contributed by atoms with Gasteiger partial charge >= 0.3 is 5.97 Å². The summed E-state index contributed by atoms with van der Waals surface area (Å²) in [4.78, 5) is 16.0. The number of hydrogen-bond acceptors (Lipinski definition) is 5. The zero-order valence-electron chi connectivity index (χ0n) is 18.9. The van der Waals surface area contributed by atoms with Gasteiger partial charge in [0.05, 0.1) is 16.2 Å². The molecular weight excluding hydrogens is 444 g/mol. The second-order valence-electron chi connectivity index (χ2n) is 8.84. The highest BCUT2D eigenvalue weighted by Gasteiger charge is 2.19. The number of hydrogen-bond donors (Lipinski definition) is 2. The molecule has 2 N–H and O–H groups in total. The highest BCUT2D eigenvalue weighted by atomic mass is 32.2. The average molecular weight is 473 g/mol. The van der Waals surface area contributed by atoms with Crippen molar-refractivity contribution < 1.29 is 18.3 Å². The fourth-order valence-electron chi connectivity index (χ4n) is 3.27. The molecule has 0 radical (unpaired) electrons. The summed E-state index contributed by atoms with van der Waals surface area (Å²) in [5, 5.41) is 12.2. The molecule has 3 rings (SSSR count). The van der Waals surface area contributed by atoms with E-state index in [2.05, 4.69) is 54.7 Å². The van der Waals surface area contributed by atoms with Crippen LogP contribution in [0.25, 0.3) is 10.6 Å². The Balaban J connectivity index is 1.67. The normalized spacial score (nSPS) is 12.2. The van der Waals surface area contributed by atoms with Gasteiger partial charge in [-0.25, -0.2) is 22.9 Å². The van der Waals surface area contributed by atoms with E-state index in [1.807, 2.05) is 5.38 Å². The first-order valence-electron chi connectivity index (χ1n) is 10.3. The molecule has 3 aromatic rings. The van der Waals surface area contributed by atoms with Gasteiger partial charge in [0.25, 0.3) is 0 Å². The summed E-state index contributed by atoms with van der Waals surface area (Å²) in [6.07, 6.45) is 0.437. The third-order valence-corrected chi connectivity index (χ3v) is 7.79. The number of rotatable bonds is 7. The molecule has 0 amide bonds. The van der Waals surface area contributed by atoms with Crippen molar-refractivity contribution in [2.45, 2.75) is 51.3 Å². The van der Waals surface area contributed by atoms with Crippen LogP contribution in [0.15, 0.2) is 46.7 Å². The van der Waals surface area contributed by atoms with E-state index in [0.29, 0.717) is 17.5 Å². The molecule has 0 atom stereocenters. The van der Waals surface area contributed by atoms with Crippen LogP contribution in [0.3, 0.4) is 0 Å². The number of nitrogens with zero attached hydrogens (tertiary/aromatic N) is 1. The number of aromatic nitrogens is 1. The lowest BCUT2D eigenvalue weighted by Gasteiger charge is -2.18. The van der Waals surface area contributed by atoms with Crippen LogP contribution in [0.2, 0.25) is 0 Å². The summed E-state index contributed by atoms with van der Waals surface area (Å²) in [5.74, 6) is -1.15. The lowest BCUT2D eigenvalue weighted by molar-refractivity contribution is 0.0695. The first-order valence-corrected chi connectivity index (χ1v) is 12.6. The smallest absolute Gasteiger partial charge is 0.336 e. The van der Waals surface area contributed by atoms with Crippen molar-refractivity contribution in [3.05, 3.63) is 69.7 Å². The number of nitrogens with one attached hydrogen (secondary N) is 1. The van der Waals surface area contributed by atoms with Crippen molar-refractivity contribution in [2.75, 3.05) is 6.54 Å². The molecule has 6 nitrogen and oxygen atoms in total. The van der Waals surface area contributed by atoms with E-state index in [-0.39, 0.29) is 22.4 Å². The van der Waals surface area contributed by atoms with E-state index in [4.69, 9.17) is 0 Å². The highest BCUT2D eigenvalue weighted by Crippen LogP contribution is 2.28. The summed E-state index contributed by atoms with van der Waals surface area (Å²) in [7, 11) is -3.83. The molecule has 0 spiro atoms. The van der Waals surface area contributed by atoms with Crippen molar-refractivity contribution in [3.63, 3.8) is 0 Å². The lowest BCUT2D eigenvalue weighted by atomic mass is 9.87. The number of aryl methyl sites for hydroxylation is 1. The van der Waals surface area contributed by atoms with E-state index in [1.54, 1.807) is 13.8 Å². The number of benzene rings is 2. The van der Waals surface area contributed by atoms with E-state index >= 15 is 0 Å². The van der Waals surface area contributed by atoms with Crippen LogP contribution in [0.5, 0.6) is 0 Å². The zero-order valence-corrected chi connectivity index (χ0v) is 20.5.